The van der Waals surface area contributed by atoms with Gasteiger partial charge in [0.05, 0.1) is 4.34 Å². The van der Waals surface area contributed by atoms with E-state index in [9.17, 15) is 0 Å². The van der Waals surface area contributed by atoms with Crippen molar-refractivity contribution in [2.24, 2.45) is 0 Å². The predicted octanol–water partition coefficient (Wildman–Crippen LogP) is 4.58. The number of thiophene rings is 1. The number of rotatable bonds is 8. The van der Waals surface area contributed by atoms with Gasteiger partial charge in [0, 0.05) is 16.5 Å². The van der Waals surface area contributed by atoms with E-state index in [1.54, 1.807) is 11.3 Å². The first-order valence-corrected chi connectivity index (χ1v) is 9.52. The molecule has 2 heterocycles. The van der Waals surface area contributed by atoms with E-state index < -0.39 is 0 Å². The molecule has 0 bridgehead atoms. The molecule has 0 radical (unpaired) electrons. The SMILES string of the molecule is CCCNC(Cc1ccc(Cl)s1)C(C)(CC)N1CCCC1. The summed E-state index contributed by atoms with van der Waals surface area (Å²) in [7, 11) is 0. The minimum atomic E-state index is 0.238. The van der Waals surface area contributed by atoms with Crippen LogP contribution in [-0.2, 0) is 6.42 Å². The number of hydrogen-bond donors (Lipinski definition) is 1. The molecular formula is C17H29ClN2S. The molecule has 1 fully saturated rings. The fraction of sp³-hybridized carbons (Fsp3) is 0.765. The summed E-state index contributed by atoms with van der Waals surface area (Å²) in [5, 5.41) is 3.82. The molecule has 2 nitrogen and oxygen atoms in total. The quantitative estimate of drug-likeness (QED) is 0.751. The van der Waals surface area contributed by atoms with Gasteiger partial charge in [-0.2, -0.15) is 0 Å². The second kappa shape index (κ2) is 7.96. The molecular weight excluding hydrogens is 300 g/mol. The van der Waals surface area contributed by atoms with Gasteiger partial charge in [0.2, 0.25) is 0 Å². The molecule has 1 aliphatic rings. The van der Waals surface area contributed by atoms with Crippen LogP contribution in [0.1, 0.15) is 51.3 Å². The molecule has 0 spiro atoms. The first-order chi connectivity index (χ1) is 10.1. The zero-order chi connectivity index (χ0) is 15.3. The van der Waals surface area contributed by atoms with E-state index in [0.717, 1.165) is 17.3 Å². The Balaban J connectivity index is 2.15. The van der Waals surface area contributed by atoms with Crippen molar-refractivity contribution in [3.05, 3.63) is 21.3 Å². The summed E-state index contributed by atoms with van der Waals surface area (Å²) in [6, 6.07) is 4.71. The Labute approximate surface area is 138 Å². The van der Waals surface area contributed by atoms with Crippen LogP contribution in [-0.4, -0.2) is 36.1 Å². The molecule has 1 saturated heterocycles. The van der Waals surface area contributed by atoms with Crippen molar-refractivity contribution >= 4 is 22.9 Å². The maximum atomic E-state index is 6.11. The molecule has 2 atom stereocenters. The van der Waals surface area contributed by atoms with Gasteiger partial charge >= 0.3 is 0 Å². The lowest BCUT2D eigenvalue weighted by molar-refractivity contribution is 0.0843. The number of nitrogens with one attached hydrogen (secondary N) is 1. The summed E-state index contributed by atoms with van der Waals surface area (Å²) in [6.45, 7) is 10.6. The van der Waals surface area contributed by atoms with Crippen molar-refractivity contribution in [1.29, 1.82) is 0 Å². The van der Waals surface area contributed by atoms with E-state index in [1.807, 2.05) is 6.07 Å². The molecule has 21 heavy (non-hydrogen) atoms. The lowest BCUT2D eigenvalue weighted by Gasteiger charge is -2.45. The number of likely N-dealkylation sites (tertiary alicyclic amines) is 1. The molecule has 1 aliphatic heterocycles. The Morgan fingerprint density at radius 3 is 2.57 bits per heavy atom. The van der Waals surface area contributed by atoms with Gasteiger partial charge in [-0.1, -0.05) is 25.4 Å². The minimum absolute atomic E-state index is 0.238. The van der Waals surface area contributed by atoms with Gasteiger partial charge in [-0.25, -0.2) is 0 Å². The second-order valence-electron chi connectivity index (χ2n) is 6.32. The first kappa shape index (κ1) is 17.3. The Morgan fingerprint density at radius 1 is 1.33 bits per heavy atom. The van der Waals surface area contributed by atoms with E-state index >= 15 is 0 Å². The van der Waals surface area contributed by atoms with Crippen LogP contribution in [0, 0.1) is 0 Å². The maximum absolute atomic E-state index is 6.11. The van der Waals surface area contributed by atoms with Gasteiger partial charge in [0.1, 0.15) is 0 Å². The van der Waals surface area contributed by atoms with Crippen LogP contribution in [0.2, 0.25) is 4.34 Å². The number of halogens is 1. The van der Waals surface area contributed by atoms with Crippen molar-refractivity contribution in [1.82, 2.24) is 10.2 Å². The van der Waals surface area contributed by atoms with E-state index in [1.165, 1.54) is 43.6 Å². The van der Waals surface area contributed by atoms with Gasteiger partial charge in [0.15, 0.2) is 0 Å². The lowest BCUT2D eigenvalue weighted by atomic mass is 9.85. The molecule has 0 aliphatic carbocycles. The number of nitrogens with zero attached hydrogens (tertiary/aromatic N) is 1. The van der Waals surface area contributed by atoms with Crippen LogP contribution in [0.5, 0.6) is 0 Å². The first-order valence-electron chi connectivity index (χ1n) is 8.32. The summed E-state index contributed by atoms with van der Waals surface area (Å²) in [6.07, 6.45) is 6.15. The topological polar surface area (TPSA) is 15.3 Å². The predicted molar refractivity (Wildman–Crippen MR) is 94.6 cm³/mol. The van der Waals surface area contributed by atoms with E-state index in [0.29, 0.717) is 6.04 Å². The average molecular weight is 329 g/mol. The maximum Gasteiger partial charge on any atom is 0.0931 e. The fourth-order valence-corrected chi connectivity index (χ4v) is 4.54. The van der Waals surface area contributed by atoms with Crippen LogP contribution in [0.3, 0.4) is 0 Å². The van der Waals surface area contributed by atoms with Crippen LogP contribution >= 0.6 is 22.9 Å². The molecule has 4 heteroatoms. The lowest BCUT2D eigenvalue weighted by Crippen LogP contribution is -2.59. The largest absolute Gasteiger partial charge is 0.312 e. The Bertz CT molecular complexity index is 428. The Kier molecular flexibility index (Phi) is 6.54. The summed E-state index contributed by atoms with van der Waals surface area (Å²) < 4.78 is 0.901. The molecule has 2 rings (SSSR count). The van der Waals surface area contributed by atoms with Crippen LogP contribution in [0.4, 0.5) is 0 Å². The monoisotopic (exact) mass is 328 g/mol. The van der Waals surface area contributed by atoms with Gasteiger partial charge in [-0.05, 0) is 70.8 Å². The van der Waals surface area contributed by atoms with Crippen LogP contribution in [0.15, 0.2) is 12.1 Å². The summed E-state index contributed by atoms with van der Waals surface area (Å²) in [5.74, 6) is 0. The highest BCUT2D eigenvalue weighted by Gasteiger charge is 2.39. The average Bonchev–Trinajstić information content (AvgIpc) is 3.14. The van der Waals surface area contributed by atoms with Crippen LogP contribution < -0.4 is 5.32 Å². The van der Waals surface area contributed by atoms with Gasteiger partial charge < -0.3 is 5.32 Å². The van der Waals surface area contributed by atoms with E-state index in [-0.39, 0.29) is 5.54 Å². The number of hydrogen-bond acceptors (Lipinski definition) is 3. The summed E-state index contributed by atoms with van der Waals surface area (Å²) >= 11 is 7.84. The molecule has 120 valence electrons. The molecule has 2 unspecified atom stereocenters. The van der Waals surface area contributed by atoms with Gasteiger partial charge in [-0.3, -0.25) is 4.90 Å². The van der Waals surface area contributed by atoms with Crippen molar-refractivity contribution in [3.63, 3.8) is 0 Å². The Hall–Kier alpha value is -0.0900. The zero-order valence-corrected chi connectivity index (χ0v) is 15.2. The highest BCUT2D eigenvalue weighted by Crippen LogP contribution is 2.31. The van der Waals surface area contributed by atoms with E-state index in [2.05, 4.69) is 37.1 Å². The molecule has 1 aromatic rings. The minimum Gasteiger partial charge on any atom is -0.312 e. The Morgan fingerprint density at radius 2 is 2.05 bits per heavy atom. The second-order valence-corrected chi connectivity index (χ2v) is 8.12. The van der Waals surface area contributed by atoms with E-state index in [4.69, 9.17) is 11.6 Å². The van der Waals surface area contributed by atoms with Crippen molar-refractivity contribution in [2.45, 2.75) is 64.5 Å². The highest BCUT2D eigenvalue weighted by atomic mass is 35.5. The van der Waals surface area contributed by atoms with Crippen molar-refractivity contribution < 1.29 is 0 Å². The third-order valence-corrected chi connectivity index (χ3v) is 6.22. The van der Waals surface area contributed by atoms with Gasteiger partial charge in [0.25, 0.3) is 0 Å². The molecule has 0 saturated carbocycles. The molecule has 0 amide bonds. The summed E-state index contributed by atoms with van der Waals surface area (Å²) in [4.78, 5) is 4.10. The third-order valence-electron chi connectivity index (χ3n) is 4.97. The smallest absolute Gasteiger partial charge is 0.0931 e. The standard InChI is InChI=1S/C17H29ClN2S/c1-4-10-19-15(13-14-8-9-16(18)21-14)17(3,5-2)20-11-6-7-12-20/h8-9,15,19H,4-7,10-13H2,1-3H3. The fourth-order valence-electron chi connectivity index (χ4n) is 3.41. The highest BCUT2D eigenvalue weighted by molar-refractivity contribution is 7.16. The molecule has 0 aromatic carbocycles. The molecule has 1 N–H and O–H groups in total. The third kappa shape index (κ3) is 4.22. The summed E-state index contributed by atoms with van der Waals surface area (Å²) in [5.41, 5.74) is 0.238. The molecule has 1 aromatic heterocycles. The van der Waals surface area contributed by atoms with Crippen LogP contribution in [0.25, 0.3) is 0 Å². The zero-order valence-electron chi connectivity index (χ0n) is 13.6. The van der Waals surface area contributed by atoms with Gasteiger partial charge in [-0.15, -0.1) is 11.3 Å². The van der Waals surface area contributed by atoms with Crippen molar-refractivity contribution in [2.75, 3.05) is 19.6 Å². The normalized spacial score (nSPS) is 20.6. The van der Waals surface area contributed by atoms with Crippen molar-refractivity contribution in [3.8, 4) is 0 Å².